The number of nitrogens with zero attached hydrogens (tertiary/aromatic N) is 2. The molecule has 4 rings (SSSR count). The normalized spacial score (nSPS) is 29.9. The molecule has 1 aromatic rings. The van der Waals surface area contributed by atoms with Crippen LogP contribution in [0.5, 0.6) is 0 Å². The van der Waals surface area contributed by atoms with Gasteiger partial charge in [-0.25, -0.2) is 0 Å². The Balaban J connectivity index is 1.40. The van der Waals surface area contributed by atoms with Gasteiger partial charge >= 0.3 is 0 Å². The van der Waals surface area contributed by atoms with Gasteiger partial charge in [-0.05, 0) is 56.2 Å². The molecule has 0 aromatic heterocycles. The van der Waals surface area contributed by atoms with Crippen molar-refractivity contribution in [2.45, 2.75) is 32.1 Å². The highest BCUT2D eigenvalue weighted by Crippen LogP contribution is 2.49. The first kappa shape index (κ1) is 15.9. The van der Waals surface area contributed by atoms with Gasteiger partial charge in [0.05, 0.1) is 11.4 Å². The molecule has 4 nitrogen and oxygen atoms in total. The first-order valence-electron chi connectivity index (χ1n) is 9.51. The summed E-state index contributed by atoms with van der Waals surface area (Å²) in [6.07, 6.45) is 6.10. The van der Waals surface area contributed by atoms with Crippen LogP contribution in [-0.4, -0.2) is 44.0 Å². The van der Waals surface area contributed by atoms with Gasteiger partial charge in [-0.2, -0.15) is 0 Å². The van der Waals surface area contributed by atoms with Crippen LogP contribution in [0.3, 0.4) is 0 Å². The van der Waals surface area contributed by atoms with Gasteiger partial charge < -0.3 is 15.1 Å². The van der Waals surface area contributed by atoms with Crippen LogP contribution in [0.25, 0.3) is 0 Å². The molecule has 3 aliphatic rings. The summed E-state index contributed by atoms with van der Waals surface area (Å²) in [6, 6.07) is 8.27. The summed E-state index contributed by atoms with van der Waals surface area (Å²) >= 11 is 0. The third kappa shape index (κ3) is 3.30. The number of anilines is 2. The molecule has 0 radical (unpaired) electrons. The van der Waals surface area contributed by atoms with Gasteiger partial charge in [-0.3, -0.25) is 4.79 Å². The Bertz CT molecular complexity index is 594. The van der Waals surface area contributed by atoms with E-state index in [-0.39, 0.29) is 5.91 Å². The number of hydrogen-bond acceptors (Lipinski definition) is 3. The lowest BCUT2D eigenvalue weighted by Gasteiger charge is -2.35. The quantitative estimate of drug-likeness (QED) is 0.922. The second-order valence-electron chi connectivity index (χ2n) is 7.99. The predicted molar refractivity (Wildman–Crippen MR) is 98.3 cm³/mol. The van der Waals surface area contributed by atoms with Crippen molar-refractivity contribution in [3.05, 3.63) is 24.3 Å². The number of carbonyl (C=O) groups excluding carboxylic acids is 1. The molecule has 4 heteroatoms. The summed E-state index contributed by atoms with van der Waals surface area (Å²) < 4.78 is 0. The van der Waals surface area contributed by atoms with Crippen molar-refractivity contribution in [2.75, 3.05) is 43.4 Å². The Morgan fingerprint density at radius 3 is 2.62 bits per heavy atom. The number of hydrogen-bond donors (Lipinski definition) is 1. The average molecular weight is 327 g/mol. The van der Waals surface area contributed by atoms with Crippen molar-refractivity contribution in [3.63, 3.8) is 0 Å². The summed E-state index contributed by atoms with van der Waals surface area (Å²) in [7, 11) is 2.17. The Morgan fingerprint density at radius 1 is 1.12 bits per heavy atom. The fourth-order valence-corrected chi connectivity index (χ4v) is 4.97. The number of fused-ring (bicyclic) bond motifs is 2. The SMILES string of the molecule is CN1CCN(c2ccccc2NC(=O)C[C@H]2C[C@H]3CC[C@H]2C3)CC1. The molecule has 0 unspecified atom stereocenters. The van der Waals surface area contributed by atoms with Crippen molar-refractivity contribution in [3.8, 4) is 0 Å². The summed E-state index contributed by atoms with van der Waals surface area (Å²) in [5.74, 6) is 2.55. The third-order valence-corrected chi connectivity index (χ3v) is 6.35. The van der Waals surface area contributed by atoms with Crippen molar-refractivity contribution in [1.82, 2.24) is 4.90 Å². The van der Waals surface area contributed by atoms with Gasteiger partial charge in [0.25, 0.3) is 0 Å². The van der Waals surface area contributed by atoms with Crippen LogP contribution >= 0.6 is 0 Å². The molecule has 0 spiro atoms. The number of amides is 1. The van der Waals surface area contributed by atoms with Gasteiger partial charge in [0.1, 0.15) is 0 Å². The minimum atomic E-state index is 0.203. The molecule has 1 heterocycles. The lowest BCUT2D eigenvalue weighted by Crippen LogP contribution is -2.44. The van der Waals surface area contributed by atoms with Crippen LogP contribution < -0.4 is 10.2 Å². The molecule has 3 fully saturated rings. The van der Waals surface area contributed by atoms with Crippen LogP contribution in [0.1, 0.15) is 32.1 Å². The predicted octanol–water partition coefficient (Wildman–Crippen LogP) is 3.20. The second kappa shape index (κ2) is 6.75. The van der Waals surface area contributed by atoms with Gasteiger partial charge in [0.2, 0.25) is 5.91 Å². The molecule has 2 bridgehead atoms. The fourth-order valence-electron chi connectivity index (χ4n) is 4.97. The topological polar surface area (TPSA) is 35.6 Å². The number of nitrogens with one attached hydrogen (secondary N) is 1. The zero-order valence-corrected chi connectivity index (χ0v) is 14.7. The van der Waals surface area contributed by atoms with E-state index in [1.54, 1.807) is 0 Å². The second-order valence-corrected chi connectivity index (χ2v) is 7.99. The maximum Gasteiger partial charge on any atom is 0.224 e. The average Bonchev–Trinajstić information content (AvgIpc) is 3.19. The zero-order chi connectivity index (χ0) is 16.5. The van der Waals surface area contributed by atoms with Gasteiger partial charge in [0, 0.05) is 32.6 Å². The summed E-state index contributed by atoms with van der Waals surface area (Å²) in [6.45, 7) is 4.20. The van der Waals surface area contributed by atoms with E-state index in [4.69, 9.17) is 0 Å². The molecule has 130 valence electrons. The number of carbonyl (C=O) groups is 1. The van der Waals surface area contributed by atoms with E-state index in [1.165, 1.54) is 31.4 Å². The van der Waals surface area contributed by atoms with E-state index in [1.807, 2.05) is 12.1 Å². The monoisotopic (exact) mass is 327 g/mol. The lowest BCUT2D eigenvalue weighted by molar-refractivity contribution is -0.117. The van der Waals surface area contributed by atoms with Crippen LogP contribution in [0, 0.1) is 17.8 Å². The largest absolute Gasteiger partial charge is 0.367 e. The molecule has 2 saturated carbocycles. The van der Waals surface area contributed by atoms with E-state index < -0.39 is 0 Å². The van der Waals surface area contributed by atoms with E-state index in [0.29, 0.717) is 12.3 Å². The van der Waals surface area contributed by atoms with Crippen LogP contribution in [0.15, 0.2) is 24.3 Å². The molecular formula is C20H29N3O. The molecule has 1 saturated heterocycles. The number of para-hydroxylation sites is 2. The van der Waals surface area contributed by atoms with Crippen molar-refractivity contribution in [1.29, 1.82) is 0 Å². The number of rotatable bonds is 4. The van der Waals surface area contributed by atoms with E-state index in [0.717, 1.165) is 43.7 Å². The summed E-state index contributed by atoms with van der Waals surface area (Å²) in [5, 5.41) is 3.21. The Hall–Kier alpha value is -1.55. The molecule has 24 heavy (non-hydrogen) atoms. The highest BCUT2D eigenvalue weighted by molar-refractivity contribution is 5.94. The highest BCUT2D eigenvalue weighted by atomic mass is 16.1. The van der Waals surface area contributed by atoms with Crippen molar-refractivity contribution in [2.24, 2.45) is 17.8 Å². The fraction of sp³-hybridized carbons (Fsp3) is 0.650. The smallest absolute Gasteiger partial charge is 0.224 e. The van der Waals surface area contributed by atoms with Gasteiger partial charge in [-0.1, -0.05) is 18.6 Å². The standard InChI is InChI=1S/C20H29N3O/c1-22-8-10-23(11-9-22)19-5-3-2-4-18(19)21-20(24)14-17-13-15-6-7-16(17)12-15/h2-5,15-17H,6-14H2,1H3,(H,21,24)/t15-,16-,17+/m0/s1. The summed E-state index contributed by atoms with van der Waals surface area (Å²) in [4.78, 5) is 17.3. The highest BCUT2D eigenvalue weighted by Gasteiger charge is 2.40. The van der Waals surface area contributed by atoms with E-state index in [2.05, 4.69) is 34.3 Å². The maximum absolute atomic E-state index is 12.6. The number of likely N-dealkylation sites (N-methyl/N-ethyl adjacent to an activating group) is 1. The molecular weight excluding hydrogens is 298 g/mol. The third-order valence-electron chi connectivity index (χ3n) is 6.35. The Morgan fingerprint density at radius 2 is 1.92 bits per heavy atom. The van der Waals surface area contributed by atoms with Crippen LogP contribution in [0.2, 0.25) is 0 Å². The van der Waals surface area contributed by atoms with E-state index >= 15 is 0 Å². The van der Waals surface area contributed by atoms with Crippen LogP contribution in [-0.2, 0) is 4.79 Å². The minimum absolute atomic E-state index is 0.203. The number of piperazine rings is 1. The minimum Gasteiger partial charge on any atom is -0.367 e. The molecule has 1 N–H and O–H groups in total. The molecule has 1 aromatic carbocycles. The van der Waals surface area contributed by atoms with Crippen molar-refractivity contribution < 1.29 is 4.79 Å². The molecule has 1 amide bonds. The Labute approximate surface area is 145 Å². The molecule has 3 atom stereocenters. The lowest BCUT2D eigenvalue weighted by atomic mass is 9.86. The first-order chi connectivity index (χ1) is 11.7. The van der Waals surface area contributed by atoms with Crippen molar-refractivity contribution >= 4 is 17.3 Å². The van der Waals surface area contributed by atoms with Gasteiger partial charge in [0.15, 0.2) is 0 Å². The Kier molecular flexibility index (Phi) is 4.49. The van der Waals surface area contributed by atoms with E-state index in [9.17, 15) is 4.79 Å². The zero-order valence-electron chi connectivity index (χ0n) is 14.7. The summed E-state index contributed by atoms with van der Waals surface area (Å²) in [5.41, 5.74) is 2.15. The van der Waals surface area contributed by atoms with Crippen LogP contribution in [0.4, 0.5) is 11.4 Å². The molecule has 2 aliphatic carbocycles. The maximum atomic E-state index is 12.6. The molecule has 1 aliphatic heterocycles. The van der Waals surface area contributed by atoms with Gasteiger partial charge in [-0.15, -0.1) is 0 Å². The first-order valence-corrected chi connectivity index (χ1v) is 9.51. The number of benzene rings is 1.